The molecule has 0 saturated carbocycles. The first-order valence-electron chi connectivity index (χ1n) is 8.07. The van der Waals surface area contributed by atoms with Crippen molar-refractivity contribution in [3.8, 4) is 17.2 Å². The summed E-state index contributed by atoms with van der Waals surface area (Å²) in [5, 5.41) is 9.73. The molecule has 3 aromatic rings. The molecule has 4 nitrogen and oxygen atoms in total. The molecule has 0 aliphatic carbocycles. The topological polar surface area (TPSA) is 46.0 Å². The SMILES string of the molecule is [C-]#[N+]c1ccc(-c2c(C#N)c(C)n(C(C)c3cccnc3)c2C)cc1. The van der Waals surface area contributed by atoms with Gasteiger partial charge in [-0.25, -0.2) is 4.85 Å². The zero-order valence-corrected chi connectivity index (χ0v) is 14.5. The summed E-state index contributed by atoms with van der Waals surface area (Å²) >= 11 is 0. The van der Waals surface area contributed by atoms with E-state index in [1.54, 1.807) is 18.3 Å². The third-order valence-corrected chi connectivity index (χ3v) is 4.65. The number of hydrogen-bond acceptors (Lipinski definition) is 2. The van der Waals surface area contributed by atoms with E-state index in [1.807, 2.05) is 44.3 Å². The van der Waals surface area contributed by atoms with Crippen LogP contribution in [0, 0.1) is 31.8 Å². The molecule has 122 valence electrons. The predicted molar refractivity (Wildman–Crippen MR) is 98.4 cm³/mol. The minimum absolute atomic E-state index is 0.0806. The van der Waals surface area contributed by atoms with Crippen molar-refractivity contribution < 1.29 is 0 Å². The van der Waals surface area contributed by atoms with Crippen molar-refractivity contribution in [2.45, 2.75) is 26.8 Å². The Labute approximate surface area is 147 Å². The monoisotopic (exact) mass is 326 g/mol. The summed E-state index contributed by atoms with van der Waals surface area (Å²) in [5.41, 5.74) is 6.27. The Hall–Kier alpha value is -3.37. The van der Waals surface area contributed by atoms with Crippen LogP contribution in [0.15, 0.2) is 48.8 Å². The lowest BCUT2D eigenvalue weighted by molar-refractivity contribution is 0.608. The number of nitrogens with zero attached hydrogens (tertiary/aromatic N) is 4. The van der Waals surface area contributed by atoms with Crippen molar-refractivity contribution in [2.24, 2.45) is 0 Å². The summed E-state index contributed by atoms with van der Waals surface area (Å²) in [6.07, 6.45) is 3.62. The number of hydrogen-bond donors (Lipinski definition) is 0. The van der Waals surface area contributed by atoms with E-state index < -0.39 is 0 Å². The Bertz CT molecular complexity index is 984. The molecule has 1 unspecified atom stereocenters. The number of nitriles is 1. The maximum absolute atomic E-state index is 9.73. The molecular formula is C21H18N4. The molecule has 0 radical (unpaired) electrons. The molecule has 0 amide bonds. The van der Waals surface area contributed by atoms with Crippen LogP contribution in [-0.2, 0) is 0 Å². The summed E-state index contributed by atoms with van der Waals surface area (Å²) in [7, 11) is 0. The van der Waals surface area contributed by atoms with Gasteiger partial charge in [-0.1, -0.05) is 30.3 Å². The Morgan fingerprint density at radius 3 is 2.44 bits per heavy atom. The molecule has 0 spiro atoms. The second-order valence-corrected chi connectivity index (χ2v) is 6.02. The Morgan fingerprint density at radius 1 is 1.16 bits per heavy atom. The minimum Gasteiger partial charge on any atom is -0.340 e. The molecule has 0 saturated heterocycles. The molecule has 2 heterocycles. The second kappa shape index (κ2) is 6.63. The molecule has 0 aliphatic heterocycles. The molecule has 0 bridgehead atoms. The Kier molecular flexibility index (Phi) is 4.37. The summed E-state index contributed by atoms with van der Waals surface area (Å²) in [6, 6.07) is 13.8. The van der Waals surface area contributed by atoms with Crippen molar-refractivity contribution >= 4 is 5.69 Å². The molecule has 4 heteroatoms. The third-order valence-electron chi connectivity index (χ3n) is 4.65. The lowest BCUT2D eigenvalue weighted by atomic mass is 10.0. The first-order valence-corrected chi connectivity index (χ1v) is 8.07. The summed E-state index contributed by atoms with van der Waals surface area (Å²) in [4.78, 5) is 7.64. The van der Waals surface area contributed by atoms with Crippen molar-refractivity contribution in [1.82, 2.24) is 9.55 Å². The normalized spacial score (nSPS) is 11.6. The standard InChI is InChI=1S/C21H18N4/c1-14(18-6-5-11-24-13-18)25-15(2)20(12-22)21(16(25)3)17-7-9-19(23-4)10-8-17/h5-11,13-14H,1-3H3. The molecule has 1 aromatic carbocycles. The van der Waals surface area contributed by atoms with Crippen LogP contribution in [0.1, 0.15) is 35.5 Å². The molecule has 0 N–H and O–H groups in total. The molecule has 0 fully saturated rings. The fraction of sp³-hybridized carbons (Fsp3) is 0.190. The van der Waals surface area contributed by atoms with Crippen molar-refractivity contribution in [3.05, 3.63) is 82.7 Å². The minimum atomic E-state index is 0.0806. The lowest BCUT2D eigenvalue weighted by Crippen LogP contribution is -2.10. The van der Waals surface area contributed by atoms with Gasteiger partial charge in [0.15, 0.2) is 5.69 Å². The van der Waals surface area contributed by atoms with Crippen LogP contribution in [0.3, 0.4) is 0 Å². The van der Waals surface area contributed by atoms with Gasteiger partial charge in [0.25, 0.3) is 0 Å². The van der Waals surface area contributed by atoms with Gasteiger partial charge in [0.05, 0.1) is 18.2 Å². The van der Waals surface area contributed by atoms with E-state index in [0.29, 0.717) is 11.3 Å². The van der Waals surface area contributed by atoms with Gasteiger partial charge < -0.3 is 4.57 Å². The molecule has 1 atom stereocenters. The molecule has 3 rings (SSSR count). The van der Waals surface area contributed by atoms with E-state index in [4.69, 9.17) is 6.57 Å². The highest BCUT2D eigenvalue weighted by atomic mass is 15.0. The highest BCUT2D eigenvalue weighted by Gasteiger charge is 2.22. The number of pyridine rings is 1. The van der Waals surface area contributed by atoms with Crippen molar-refractivity contribution in [2.75, 3.05) is 0 Å². The van der Waals surface area contributed by atoms with Crippen LogP contribution < -0.4 is 0 Å². The predicted octanol–water partition coefficient (Wildman–Crippen LogP) is 5.20. The zero-order valence-electron chi connectivity index (χ0n) is 14.5. The van der Waals surface area contributed by atoms with E-state index in [-0.39, 0.29) is 6.04 Å². The first kappa shape index (κ1) is 16.5. The largest absolute Gasteiger partial charge is 0.340 e. The van der Waals surface area contributed by atoms with Gasteiger partial charge in [0.2, 0.25) is 0 Å². The maximum atomic E-state index is 9.73. The Balaban J connectivity index is 2.18. The van der Waals surface area contributed by atoms with Crippen LogP contribution in [0.25, 0.3) is 16.0 Å². The highest BCUT2D eigenvalue weighted by Crippen LogP contribution is 2.36. The number of rotatable bonds is 3. The second-order valence-electron chi connectivity index (χ2n) is 6.02. The summed E-state index contributed by atoms with van der Waals surface area (Å²) in [6.45, 7) is 13.2. The molecule has 0 aliphatic rings. The van der Waals surface area contributed by atoms with E-state index in [9.17, 15) is 5.26 Å². The van der Waals surface area contributed by atoms with Crippen LogP contribution in [0.4, 0.5) is 5.69 Å². The van der Waals surface area contributed by atoms with Gasteiger partial charge in [0.1, 0.15) is 6.07 Å². The van der Waals surface area contributed by atoms with E-state index in [1.165, 1.54) is 0 Å². The van der Waals surface area contributed by atoms with Crippen LogP contribution in [0.2, 0.25) is 0 Å². The van der Waals surface area contributed by atoms with Crippen LogP contribution in [-0.4, -0.2) is 9.55 Å². The van der Waals surface area contributed by atoms with E-state index in [0.717, 1.165) is 28.1 Å². The van der Waals surface area contributed by atoms with Gasteiger partial charge in [0, 0.05) is 29.3 Å². The van der Waals surface area contributed by atoms with Crippen LogP contribution in [0.5, 0.6) is 0 Å². The highest BCUT2D eigenvalue weighted by molar-refractivity contribution is 5.76. The zero-order chi connectivity index (χ0) is 18.0. The van der Waals surface area contributed by atoms with Gasteiger partial charge in [-0.15, -0.1) is 0 Å². The van der Waals surface area contributed by atoms with Gasteiger partial charge >= 0.3 is 0 Å². The quantitative estimate of drug-likeness (QED) is 0.621. The number of aromatic nitrogens is 2. The first-order chi connectivity index (χ1) is 12.1. The fourth-order valence-corrected chi connectivity index (χ4v) is 3.40. The summed E-state index contributed by atoms with van der Waals surface area (Å²) < 4.78 is 2.19. The van der Waals surface area contributed by atoms with E-state index in [2.05, 4.69) is 27.4 Å². The fourth-order valence-electron chi connectivity index (χ4n) is 3.40. The average molecular weight is 326 g/mol. The van der Waals surface area contributed by atoms with Gasteiger partial charge in [-0.3, -0.25) is 4.98 Å². The molecule has 25 heavy (non-hydrogen) atoms. The lowest BCUT2D eigenvalue weighted by Gasteiger charge is -2.18. The molecule has 2 aromatic heterocycles. The maximum Gasteiger partial charge on any atom is 0.187 e. The van der Waals surface area contributed by atoms with Gasteiger partial charge in [-0.2, -0.15) is 5.26 Å². The number of benzene rings is 1. The van der Waals surface area contributed by atoms with Crippen molar-refractivity contribution in [1.29, 1.82) is 5.26 Å². The summed E-state index contributed by atoms with van der Waals surface area (Å²) in [5.74, 6) is 0. The average Bonchev–Trinajstić information content (AvgIpc) is 2.91. The van der Waals surface area contributed by atoms with Gasteiger partial charge in [-0.05, 0) is 38.0 Å². The van der Waals surface area contributed by atoms with E-state index >= 15 is 0 Å². The third kappa shape index (κ3) is 2.79. The Morgan fingerprint density at radius 2 is 1.88 bits per heavy atom. The van der Waals surface area contributed by atoms with Crippen molar-refractivity contribution in [3.63, 3.8) is 0 Å². The smallest absolute Gasteiger partial charge is 0.187 e. The van der Waals surface area contributed by atoms with Crippen LogP contribution >= 0.6 is 0 Å². The molecular weight excluding hydrogens is 308 g/mol.